The summed E-state index contributed by atoms with van der Waals surface area (Å²) >= 11 is 0. The summed E-state index contributed by atoms with van der Waals surface area (Å²) in [6.45, 7) is 4.62. The molecular weight excluding hydrogens is 563 g/mol. The Kier molecular flexibility index (Phi) is 26.3. The second-order valence-electron chi connectivity index (χ2n) is 12.5. The van der Waals surface area contributed by atoms with Gasteiger partial charge in [0.15, 0.2) is 0 Å². The van der Waals surface area contributed by atoms with Crippen molar-refractivity contribution < 1.29 is 32.9 Å². The van der Waals surface area contributed by atoms with Crippen molar-refractivity contribution in [3.8, 4) is 0 Å². The van der Waals surface area contributed by atoms with Crippen LogP contribution < -0.4 is 5.32 Å². The van der Waals surface area contributed by atoms with Crippen LogP contribution in [0.1, 0.15) is 123 Å². The minimum Gasteiger partial charge on any atom is -0.387 e. The van der Waals surface area contributed by atoms with Crippen molar-refractivity contribution in [3.63, 3.8) is 0 Å². The molecule has 0 aliphatic heterocycles. The molecule has 0 saturated carbocycles. The zero-order valence-electron chi connectivity index (χ0n) is 28.2. The number of hydrogen-bond acceptors (Lipinski definition) is 5. The number of carbonyl (C=O) groups is 1. The third-order valence-corrected chi connectivity index (χ3v) is 8.05. The lowest BCUT2D eigenvalue weighted by Crippen LogP contribution is -2.45. The number of phosphoric acid groups is 1. The molecule has 0 radical (unpaired) electrons. The van der Waals surface area contributed by atoms with E-state index in [9.17, 15) is 19.4 Å². The molecule has 0 bridgehead atoms. The number of nitrogens with zero attached hydrogens (tertiary/aromatic N) is 1. The summed E-state index contributed by atoms with van der Waals surface area (Å²) in [6, 6.07) is -0.861. The van der Waals surface area contributed by atoms with Gasteiger partial charge in [-0.25, -0.2) is 4.57 Å². The van der Waals surface area contributed by atoms with E-state index in [1.807, 2.05) is 27.2 Å². The van der Waals surface area contributed by atoms with Crippen molar-refractivity contribution in [2.75, 3.05) is 40.9 Å². The third-order valence-electron chi connectivity index (χ3n) is 7.06. The standard InChI is InChI=1S/C34H65N2O6P/c1-6-8-10-12-14-15-16-17-18-19-20-22-24-26-28-34(38)35-32(33(37)27-25-23-21-13-11-9-7-2)31-42-43(39,40)41-30-29-36(3,4)5/h11,13,16-17,25,27,32-33,37H,6-10,12,14-15,18-24,26,28-31H2,1-5H3,(H-,35,38,39,40)/p+1/b13-11+,17-16-,27-25+. The van der Waals surface area contributed by atoms with Crippen LogP contribution in [0.5, 0.6) is 0 Å². The summed E-state index contributed by atoms with van der Waals surface area (Å²) in [5.74, 6) is -0.204. The first-order chi connectivity index (χ1) is 20.5. The van der Waals surface area contributed by atoms with Gasteiger partial charge in [-0.2, -0.15) is 0 Å². The first kappa shape index (κ1) is 41.7. The van der Waals surface area contributed by atoms with E-state index < -0.39 is 20.0 Å². The molecule has 0 aromatic heterocycles. The predicted octanol–water partition coefficient (Wildman–Crippen LogP) is 8.01. The van der Waals surface area contributed by atoms with Gasteiger partial charge in [0.2, 0.25) is 5.91 Å². The second kappa shape index (κ2) is 27.1. The van der Waals surface area contributed by atoms with E-state index in [0.29, 0.717) is 17.4 Å². The van der Waals surface area contributed by atoms with E-state index in [-0.39, 0.29) is 19.1 Å². The molecule has 3 unspecified atom stereocenters. The fourth-order valence-electron chi connectivity index (χ4n) is 4.29. The van der Waals surface area contributed by atoms with Crippen LogP contribution in [-0.4, -0.2) is 73.4 Å². The number of amides is 1. The largest absolute Gasteiger partial charge is 0.472 e. The molecule has 0 rings (SSSR count). The molecule has 0 heterocycles. The zero-order chi connectivity index (χ0) is 32.2. The van der Waals surface area contributed by atoms with Crippen LogP contribution in [0.3, 0.4) is 0 Å². The molecule has 0 spiro atoms. The lowest BCUT2D eigenvalue weighted by Gasteiger charge is -2.25. The topological polar surface area (TPSA) is 105 Å². The summed E-state index contributed by atoms with van der Waals surface area (Å²) in [5, 5.41) is 13.6. The van der Waals surface area contributed by atoms with Crippen LogP contribution in [0, 0.1) is 0 Å². The average Bonchev–Trinajstić information content (AvgIpc) is 2.94. The van der Waals surface area contributed by atoms with Crippen LogP contribution in [0.25, 0.3) is 0 Å². The van der Waals surface area contributed by atoms with Crippen LogP contribution >= 0.6 is 7.82 Å². The number of quaternary nitrogens is 1. The summed E-state index contributed by atoms with van der Waals surface area (Å²) in [6.07, 6.45) is 29.4. The number of aliphatic hydroxyl groups is 1. The SMILES string of the molecule is CCC/C=C/CC/C=C/C(O)C(COP(=O)(O)OCC[N+](C)(C)C)NC(=O)CCCCCCC/C=C\CCCCCCC. The molecular formula is C34H66N2O6P+. The Morgan fingerprint density at radius 3 is 1.95 bits per heavy atom. The van der Waals surface area contributed by atoms with Crippen LogP contribution in [0.2, 0.25) is 0 Å². The fourth-order valence-corrected chi connectivity index (χ4v) is 5.03. The molecule has 0 aliphatic carbocycles. The first-order valence-corrected chi connectivity index (χ1v) is 18.4. The monoisotopic (exact) mass is 629 g/mol. The molecule has 9 heteroatoms. The van der Waals surface area contributed by atoms with Crippen molar-refractivity contribution >= 4 is 13.7 Å². The average molecular weight is 630 g/mol. The second-order valence-corrected chi connectivity index (χ2v) is 14.0. The summed E-state index contributed by atoms with van der Waals surface area (Å²) in [5.41, 5.74) is 0. The van der Waals surface area contributed by atoms with Gasteiger partial charge in [0, 0.05) is 6.42 Å². The van der Waals surface area contributed by atoms with Gasteiger partial charge in [-0.05, 0) is 51.4 Å². The predicted molar refractivity (Wildman–Crippen MR) is 180 cm³/mol. The van der Waals surface area contributed by atoms with E-state index in [4.69, 9.17) is 9.05 Å². The smallest absolute Gasteiger partial charge is 0.387 e. The van der Waals surface area contributed by atoms with Crippen molar-refractivity contribution in [2.24, 2.45) is 0 Å². The van der Waals surface area contributed by atoms with Gasteiger partial charge >= 0.3 is 7.82 Å². The quantitative estimate of drug-likeness (QED) is 0.0335. The Morgan fingerprint density at radius 1 is 0.767 bits per heavy atom. The number of allylic oxidation sites excluding steroid dienone is 5. The minimum absolute atomic E-state index is 0.0533. The highest BCUT2D eigenvalue weighted by Crippen LogP contribution is 2.43. The maximum Gasteiger partial charge on any atom is 0.472 e. The lowest BCUT2D eigenvalue weighted by molar-refractivity contribution is -0.870. The number of phosphoric ester groups is 1. The Hall–Kier alpha value is -1.28. The Balaban J connectivity index is 4.55. The molecule has 0 aliphatic rings. The number of nitrogens with one attached hydrogen (secondary N) is 1. The van der Waals surface area contributed by atoms with Crippen molar-refractivity contribution in [1.82, 2.24) is 5.32 Å². The fraction of sp³-hybridized carbons (Fsp3) is 0.794. The van der Waals surface area contributed by atoms with Gasteiger partial charge < -0.3 is 19.8 Å². The van der Waals surface area contributed by atoms with E-state index in [1.165, 1.54) is 44.9 Å². The highest BCUT2D eigenvalue weighted by Gasteiger charge is 2.27. The van der Waals surface area contributed by atoms with Gasteiger partial charge in [-0.15, -0.1) is 0 Å². The normalized spacial score (nSPS) is 15.4. The number of aliphatic hydroxyl groups excluding tert-OH is 1. The highest BCUT2D eigenvalue weighted by molar-refractivity contribution is 7.47. The highest BCUT2D eigenvalue weighted by atomic mass is 31.2. The van der Waals surface area contributed by atoms with E-state index in [2.05, 4.69) is 43.5 Å². The summed E-state index contributed by atoms with van der Waals surface area (Å²) < 4.78 is 23.2. The maximum atomic E-state index is 12.7. The molecule has 1 amide bonds. The van der Waals surface area contributed by atoms with Gasteiger partial charge in [-0.3, -0.25) is 13.8 Å². The lowest BCUT2D eigenvalue weighted by atomic mass is 10.1. The van der Waals surface area contributed by atoms with Crippen molar-refractivity contribution in [1.29, 1.82) is 0 Å². The maximum absolute atomic E-state index is 12.7. The molecule has 8 nitrogen and oxygen atoms in total. The van der Waals surface area contributed by atoms with E-state index >= 15 is 0 Å². The van der Waals surface area contributed by atoms with Gasteiger partial charge in [-0.1, -0.05) is 102 Å². The molecule has 3 N–H and O–H groups in total. The van der Waals surface area contributed by atoms with Gasteiger partial charge in [0.25, 0.3) is 0 Å². The van der Waals surface area contributed by atoms with E-state index in [0.717, 1.165) is 57.8 Å². The number of likely N-dealkylation sites (N-methyl/N-ethyl adjacent to an activating group) is 1. The molecule has 252 valence electrons. The van der Waals surface area contributed by atoms with Crippen molar-refractivity contribution in [3.05, 3.63) is 36.5 Å². The number of rotatable bonds is 29. The Labute approximate surface area is 264 Å². The molecule has 0 aromatic rings. The van der Waals surface area contributed by atoms with Crippen LogP contribution in [-0.2, 0) is 18.4 Å². The van der Waals surface area contributed by atoms with Crippen LogP contribution in [0.15, 0.2) is 36.5 Å². The first-order valence-electron chi connectivity index (χ1n) is 16.9. The molecule has 3 atom stereocenters. The number of unbranched alkanes of at least 4 members (excludes halogenated alkanes) is 12. The minimum atomic E-state index is -4.33. The molecule has 0 fully saturated rings. The van der Waals surface area contributed by atoms with Crippen LogP contribution in [0.4, 0.5) is 0 Å². The molecule has 43 heavy (non-hydrogen) atoms. The number of hydrogen-bond donors (Lipinski definition) is 3. The zero-order valence-corrected chi connectivity index (χ0v) is 29.1. The van der Waals surface area contributed by atoms with E-state index in [1.54, 1.807) is 6.08 Å². The summed E-state index contributed by atoms with van der Waals surface area (Å²) in [4.78, 5) is 22.8. The molecule has 0 aromatic carbocycles. The third kappa shape index (κ3) is 29.2. The Morgan fingerprint density at radius 2 is 1.33 bits per heavy atom. The summed E-state index contributed by atoms with van der Waals surface area (Å²) in [7, 11) is 1.54. The van der Waals surface area contributed by atoms with Gasteiger partial charge in [0.05, 0.1) is 39.9 Å². The number of carbonyl (C=O) groups excluding carboxylic acids is 1. The Bertz CT molecular complexity index is 809. The van der Waals surface area contributed by atoms with Gasteiger partial charge in [0.1, 0.15) is 13.2 Å². The van der Waals surface area contributed by atoms with Crippen molar-refractivity contribution in [2.45, 2.75) is 135 Å². The molecule has 0 saturated heterocycles.